The van der Waals surface area contributed by atoms with Gasteiger partial charge in [-0.05, 0) is 53.4 Å². The summed E-state index contributed by atoms with van der Waals surface area (Å²) in [5.74, 6) is 1.13. The Hall–Kier alpha value is -3.77. The lowest BCUT2D eigenvalue weighted by molar-refractivity contribution is -0.128. The summed E-state index contributed by atoms with van der Waals surface area (Å²) in [7, 11) is 0. The van der Waals surface area contributed by atoms with E-state index < -0.39 is 0 Å². The second kappa shape index (κ2) is 10.2. The number of furan rings is 1. The second-order valence-electron chi connectivity index (χ2n) is 8.56. The Bertz CT molecular complexity index is 1300. The molecule has 0 saturated carbocycles. The van der Waals surface area contributed by atoms with Crippen LogP contribution in [0.3, 0.4) is 0 Å². The van der Waals surface area contributed by atoms with Gasteiger partial charge in [0.25, 0.3) is 5.91 Å². The van der Waals surface area contributed by atoms with E-state index >= 15 is 0 Å². The highest BCUT2D eigenvalue weighted by atomic mass is 32.2. The molecular weight excluding hydrogens is 456 g/mol. The Labute approximate surface area is 209 Å². The van der Waals surface area contributed by atoms with E-state index in [1.165, 1.54) is 0 Å². The quantitative estimate of drug-likeness (QED) is 0.357. The highest BCUT2D eigenvalue weighted by Gasteiger charge is 2.33. The third kappa shape index (κ3) is 5.03. The summed E-state index contributed by atoms with van der Waals surface area (Å²) in [5, 5.41) is 3.12. The normalized spacial score (nSPS) is 16.3. The van der Waals surface area contributed by atoms with Gasteiger partial charge in [0.1, 0.15) is 11.1 Å². The summed E-state index contributed by atoms with van der Waals surface area (Å²) >= 11 is 1.59. The van der Waals surface area contributed by atoms with Crippen molar-refractivity contribution < 1.29 is 14.0 Å². The Morgan fingerprint density at radius 3 is 2.46 bits per heavy atom. The van der Waals surface area contributed by atoms with Gasteiger partial charge in [-0.2, -0.15) is 0 Å². The predicted octanol–water partition coefficient (Wildman–Crippen LogP) is 5.88. The molecule has 1 aliphatic heterocycles. The van der Waals surface area contributed by atoms with E-state index in [1.807, 2.05) is 83.8 Å². The topological polar surface area (TPSA) is 62.6 Å². The molecule has 5 nitrogen and oxygen atoms in total. The van der Waals surface area contributed by atoms with Gasteiger partial charge in [-0.25, -0.2) is 0 Å². The molecule has 0 bridgehead atoms. The fourth-order valence-electron chi connectivity index (χ4n) is 4.38. The van der Waals surface area contributed by atoms with E-state index in [0.717, 1.165) is 28.0 Å². The second-order valence-corrected chi connectivity index (χ2v) is 9.63. The molecule has 0 spiro atoms. The molecule has 2 amide bonds. The van der Waals surface area contributed by atoms with Crippen molar-refractivity contribution in [2.24, 2.45) is 0 Å². The Kier molecular flexibility index (Phi) is 6.73. The van der Waals surface area contributed by atoms with Gasteiger partial charge in [0.05, 0.1) is 24.6 Å². The highest BCUT2D eigenvalue weighted by molar-refractivity contribution is 8.00. The summed E-state index contributed by atoms with van der Waals surface area (Å²) in [6.45, 7) is 2.49. The zero-order chi connectivity index (χ0) is 24.2. The van der Waals surface area contributed by atoms with E-state index in [0.29, 0.717) is 17.9 Å². The molecule has 6 heteroatoms. The van der Waals surface area contributed by atoms with Crippen molar-refractivity contribution in [3.8, 4) is 0 Å². The van der Waals surface area contributed by atoms with Gasteiger partial charge in [-0.1, -0.05) is 66.7 Å². The number of hydrogen-bond acceptors (Lipinski definition) is 4. The van der Waals surface area contributed by atoms with Crippen LogP contribution < -0.4 is 5.32 Å². The SMILES string of the molecule is Cc1ccccc1[C@@H](NC(=O)c1ccc([C@H]2SCC(=O)N2Cc2ccco2)cc1)c1ccccc1. The highest BCUT2D eigenvalue weighted by Crippen LogP contribution is 2.39. The van der Waals surface area contributed by atoms with E-state index in [-0.39, 0.29) is 23.2 Å². The maximum absolute atomic E-state index is 13.3. The Balaban J connectivity index is 1.35. The fraction of sp³-hybridized carbons (Fsp3) is 0.172. The van der Waals surface area contributed by atoms with Crippen LogP contribution in [-0.4, -0.2) is 22.5 Å². The van der Waals surface area contributed by atoms with Crippen LogP contribution in [0.25, 0.3) is 0 Å². The summed E-state index contributed by atoms with van der Waals surface area (Å²) in [4.78, 5) is 27.6. The van der Waals surface area contributed by atoms with Crippen molar-refractivity contribution in [2.45, 2.75) is 24.9 Å². The molecule has 2 atom stereocenters. The molecule has 5 rings (SSSR count). The molecule has 176 valence electrons. The maximum Gasteiger partial charge on any atom is 0.252 e. The molecular formula is C29H26N2O3S. The zero-order valence-electron chi connectivity index (χ0n) is 19.4. The minimum Gasteiger partial charge on any atom is -0.467 e. The zero-order valence-corrected chi connectivity index (χ0v) is 20.2. The predicted molar refractivity (Wildman–Crippen MR) is 138 cm³/mol. The minimum atomic E-state index is -0.253. The lowest BCUT2D eigenvalue weighted by atomic mass is 9.94. The van der Waals surface area contributed by atoms with E-state index in [4.69, 9.17) is 4.42 Å². The molecule has 0 radical (unpaired) electrons. The third-order valence-corrected chi connectivity index (χ3v) is 7.50. The number of aryl methyl sites for hydroxylation is 1. The molecule has 0 aliphatic carbocycles. The molecule has 0 unspecified atom stereocenters. The number of nitrogens with zero attached hydrogens (tertiary/aromatic N) is 1. The lowest BCUT2D eigenvalue weighted by Crippen LogP contribution is -2.30. The van der Waals surface area contributed by atoms with E-state index in [2.05, 4.69) is 24.4 Å². The monoisotopic (exact) mass is 482 g/mol. The molecule has 1 saturated heterocycles. The number of rotatable bonds is 7. The van der Waals surface area contributed by atoms with Gasteiger partial charge in [0.15, 0.2) is 0 Å². The van der Waals surface area contributed by atoms with Crippen LogP contribution in [0.2, 0.25) is 0 Å². The molecule has 35 heavy (non-hydrogen) atoms. The molecule has 1 aromatic heterocycles. The van der Waals surface area contributed by atoms with Gasteiger partial charge >= 0.3 is 0 Å². The number of amides is 2. The first-order chi connectivity index (χ1) is 17.1. The van der Waals surface area contributed by atoms with Crippen LogP contribution in [0.4, 0.5) is 0 Å². The number of carbonyl (C=O) groups excluding carboxylic acids is 2. The first-order valence-corrected chi connectivity index (χ1v) is 12.6. The molecule has 3 aromatic carbocycles. The molecule has 1 fully saturated rings. The average Bonchev–Trinajstić information content (AvgIpc) is 3.54. The van der Waals surface area contributed by atoms with Gasteiger partial charge in [0.2, 0.25) is 5.91 Å². The number of carbonyl (C=O) groups is 2. The summed E-state index contributed by atoms with van der Waals surface area (Å²) in [6.07, 6.45) is 1.62. The average molecular weight is 483 g/mol. The maximum atomic E-state index is 13.3. The smallest absolute Gasteiger partial charge is 0.252 e. The van der Waals surface area contributed by atoms with Crippen LogP contribution in [0.5, 0.6) is 0 Å². The number of benzene rings is 3. The van der Waals surface area contributed by atoms with Crippen molar-refractivity contribution in [1.82, 2.24) is 10.2 Å². The summed E-state index contributed by atoms with van der Waals surface area (Å²) < 4.78 is 5.44. The van der Waals surface area contributed by atoms with Crippen LogP contribution in [-0.2, 0) is 11.3 Å². The van der Waals surface area contributed by atoms with Crippen molar-refractivity contribution in [3.05, 3.63) is 131 Å². The van der Waals surface area contributed by atoms with Gasteiger partial charge < -0.3 is 14.6 Å². The number of nitrogens with one attached hydrogen (secondary N) is 1. The molecule has 1 N–H and O–H groups in total. The summed E-state index contributed by atoms with van der Waals surface area (Å²) in [5.41, 5.74) is 4.79. The number of thioether (sulfide) groups is 1. The van der Waals surface area contributed by atoms with E-state index in [1.54, 1.807) is 18.0 Å². The Morgan fingerprint density at radius 1 is 1.00 bits per heavy atom. The first kappa shape index (κ1) is 23.0. The lowest BCUT2D eigenvalue weighted by Gasteiger charge is -2.24. The molecule has 4 aromatic rings. The standard InChI is InChI=1S/C29H26N2O3S/c1-20-8-5-6-12-25(20)27(21-9-3-2-4-10-21)30-28(33)22-13-15-23(16-14-22)29-31(26(32)19-35-29)18-24-11-7-17-34-24/h2-17,27,29H,18-19H2,1H3,(H,30,33)/t27-,29+/m0/s1. The van der Waals surface area contributed by atoms with E-state index in [9.17, 15) is 9.59 Å². The van der Waals surface area contributed by atoms with Gasteiger partial charge in [0, 0.05) is 5.56 Å². The summed E-state index contributed by atoms with van der Waals surface area (Å²) in [6, 6.07) is 29.1. The third-order valence-electron chi connectivity index (χ3n) is 6.24. The van der Waals surface area contributed by atoms with Crippen LogP contribution >= 0.6 is 11.8 Å². The molecule has 2 heterocycles. The van der Waals surface area contributed by atoms with Crippen LogP contribution in [0, 0.1) is 6.92 Å². The van der Waals surface area contributed by atoms with Crippen molar-refractivity contribution in [2.75, 3.05) is 5.75 Å². The van der Waals surface area contributed by atoms with Crippen molar-refractivity contribution >= 4 is 23.6 Å². The Morgan fingerprint density at radius 2 is 1.74 bits per heavy atom. The largest absolute Gasteiger partial charge is 0.467 e. The minimum absolute atomic E-state index is 0.0853. The van der Waals surface area contributed by atoms with Gasteiger partial charge in [-0.15, -0.1) is 11.8 Å². The van der Waals surface area contributed by atoms with Crippen molar-refractivity contribution in [1.29, 1.82) is 0 Å². The van der Waals surface area contributed by atoms with Crippen LogP contribution in [0.1, 0.15) is 49.8 Å². The van der Waals surface area contributed by atoms with Crippen molar-refractivity contribution in [3.63, 3.8) is 0 Å². The van der Waals surface area contributed by atoms with Crippen LogP contribution in [0.15, 0.2) is 102 Å². The fourth-order valence-corrected chi connectivity index (χ4v) is 5.57. The van der Waals surface area contributed by atoms with Gasteiger partial charge in [-0.3, -0.25) is 9.59 Å². The molecule has 1 aliphatic rings. The number of hydrogen-bond donors (Lipinski definition) is 1. The first-order valence-electron chi connectivity index (χ1n) is 11.5.